The number of carbonyl (C=O) groups is 2. The Morgan fingerprint density at radius 3 is 2.67 bits per heavy atom. The van der Waals surface area contributed by atoms with Gasteiger partial charge in [-0.15, -0.1) is 0 Å². The molecule has 0 saturated carbocycles. The molecule has 5 nitrogen and oxygen atoms in total. The van der Waals surface area contributed by atoms with E-state index in [1.54, 1.807) is 13.8 Å². The fourth-order valence-electron chi connectivity index (χ4n) is 1.22. The highest BCUT2D eigenvalue weighted by atomic mass is 35.5. The lowest BCUT2D eigenvalue weighted by Gasteiger charge is -2.13. The summed E-state index contributed by atoms with van der Waals surface area (Å²) in [6.45, 7) is 3.90. The molecule has 0 aliphatic heterocycles. The molecule has 0 fully saturated rings. The largest absolute Gasteiger partial charge is 0.355 e. The van der Waals surface area contributed by atoms with Crippen LogP contribution in [-0.2, 0) is 4.79 Å². The third-order valence-corrected chi connectivity index (χ3v) is 2.84. The first-order valence-electron chi connectivity index (χ1n) is 5.35. The minimum Gasteiger partial charge on any atom is -0.355 e. The third kappa shape index (κ3) is 3.85. The molecule has 0 bridgehead atoms. The lowest BCUT2D eigenvalue weighted by atomic mass is 10.2. The Kier molecular flexibility index (Phi) is 5.37. The molecule has 98 valence electrons. The second kappa shape index (κ2) is 6.56. The molecule has 0 radical (unpaired) electrons. The summed E-state index contributed by atoms with van der Waals surface area (Å²) in [5, 5.41) is 5.46. The summed E-state index contributed by atoms with van der Waals surface area (Å²) in [4.78, 5) is 27.0. The first-order valence-corrected chi connectivity index (χ1v) is 6.11. The van der Waals surface area contributed by atoms with Crippen LogP contribution in [0, 0.1) is 0 Å². The maximum Gasteiger partial charge on any atom is 0.253 e. The molecule has 0 aliphatic carbocycles. The SMILES string of the molecule is CCNC(=O)C(C)NC(=O)c1cnc(Cl)c(Cl)c1. The molecule has 2 N–H and O–H groups in total. The zero-order valence-electron chi connectivity index (χ0n) is 9.96. The number of nitrogens with one attached hydrogen (secondary N) is 2. The van der Waals surface area contributed by atoms with E-state index in [9.17, 15) is 9.59 Å². The van der Waals surface area contributed by atoms with Gasteiger partial charge in [0, 0.05) is 12.7 Å². The number of nitrogens with zero attached hydrogens (tertiary/aromatic N) is 1. The van der Waals surface area contributed by atoms with Gasteiger partial charge in [-0.05, 0) is 19.9 Å². The standard InChI is InChI=1S/C11H13Cl2N3O2/c1-3-14-10(17)6(2)16-11(18)7-4-8(12)9(13)15-5-7/h4-6H,3H2,1-2H3,(H,14,17)(H,16,18). The average molecular weight is 290 g/mol. The minimum absolute atomic E-state index is 0.130. The van der Waals surface area contributed by atoms with Crippen molar-refractivity contribution in [1.29, 1.82) is 0 Å². The Morgan fingerprint density at radius 2 is 2.11 bits per heavy atom. The molecule has 1 aromatic rings. The monoisotopic (exact) mass is 289 g/mol. The molecule has 1 unspecified atom stereocenters. The van der Waals surface area contributed by atoms with Crippen molar-refractivity contribution in [1.82, 2.24) is 15.6 Å². The number of pyridine rings is 1. The molecule has 2 amide bonds. The van der Waals surface area contributed by atoms with Crippen LogP contribution >= 0.6 is 23.2 Å². The first kappa shape index (κ1) is 14.7. The van der Waals surface area contributed by atoms with Gasteiger partial charge in [-0.3, -0.25) is 9.59 Å². The number of amides is 2. The van der Waals surface area contributed by atoms with Gasteiger partial charge >= 0.3 is 0 Å². The number of aromatic nitrogens is 1. The second-order valence-corrected chi connectivity index (χ2v) is 4.35. The van der Waals surface area contributed by atoms with Gasteiger partial charge in [0.15, 0.2) is 0 Å². The van der Waals surface area contributed by atoms with Crippen LogP contribution in [0.4, 0.5) is 0 Å². The fraction of sp³-hybridized carbons (Fsp3) is 0.364. The topological polar surface area (TPSA) is 71.1 Å². The van der Waals surface area contributed by atoms with E-state index in [-0.39, 0.29) is 21.6 Å². The Bertz CT molecular complexity index is 466. The lowest BCUT2D eigenvalue weighted by Crippen LogP contribution is -2.44. The number of rotatable bonds is 4. The molecule has 0 spiro atoms. The van der Waals surface area contributed by atoms with Crippen molar-refractivity contribution < 1.29 is 9.59 Å². The van der Waals surface area contributed by atoms with Crippen molar-refractivity contribution in [2.75, 3.05) is 6.54 Å². The summed E-state index contributed by atoms with van der Waals surface area (Å²) in [7, 11) is 0. The van der Waals surface area contributed by atoms with Crippen LogP contribution in [0.15, 0.2) is 12.3 Å². The second-order valence-electron chi connectivity index (χ2n) is 3.59. The Hall–Kier alpha value is -1.33. The molecule has 7 heteroatoms. The molecule has 0 aliphatic rings. The Morgan fingerprint density at radius 1 is 1.44 bits per heavy atom. The maximum atomic E-state index is 11.8. The quantitative estimate of drug-likeness (QED) is 0.828. The van der Waals surface area contributed by atoms with Crippen LogP contribution in [0.25, 0.3) is 0 Å². The highest BCUT2D eigenvalue weighted by Crippen LogP contribution is 2.19. The van der Waals surface area contributed by atoms with E-state index in [4.69, 9.17) is 23.2 Å². The highest BCUT2D eigenvalue weighted by Gasteiger charge is 2.16. The van der Waals surface area contributed by atoms with E-state index in [1.165, 1.54) is 12.3 Å². The van der Waals surface area contributed by atoms with E-state index in [0.717, 1.165) is 0 Å². The maximum absolute atomic E-state index is 11.8. The summed E-state index contributed by atoms with van der Waals surface area (Å²) < 4.78 is 0. The summed E-state index contributed by atoms with van der Waals surface area (Å²) in [6.07, 6.45) is 1.30. The zero-order chi connectivity index (χ0) is 13.7. The lowest BCUT2D eigenvalue weighted by molar-refractivity contribution is -0.122. The molecular formula is C11H13Cl2N3O2. The predicted octanol–water partition coefficient (Wildman–Crippen LogP) is 1.64. The number of halogens is 2. The van der Waals surface area contributed by atoms with Gasteiger partial charge in [0.1, 0.15) is 11.2 Å². The van der Waals surface area contributed by atoms with Gasteiger partial charge in [0.05, 0.1) is 10.6 Å². The van der Waals surface area contributed by atoms with Gasteiger partial charge < -0.3 is 10.6 Å². The van der Waals surface area contributed by atoms with Crippen LogP contribution in [-0.4, -0.2) is 29.4 Å². The van der Waals surface area contributed by atoms with E-state index < -0.39 is 11.9 Å². The van der Waals surface area contributed by atoms with Crippen molar-refractivity contribution in [2.24, 2.45) is 0 Å². The molecule has 1 rings (SSSR count). The number of carbonyl (C=O) groups excluding carboxylic acids is 2. The summed E-state index contributed by atoms with van der Waals surface area (Å²) in [5.74, 6) is -0.682. The van der Waals surface area contributed by atoms with E-state index in [2.05, 4.69) is 15.6 Å². The Balaban J connectivity index is 2.70. The van der Waals surface area contributed by atoms with Gasteiger partial charge in [-0.1, -0.05) is 23.2 Å². The average Bonchev–Trinajstić information content (AvgIpc) is 2.32. The third-order valence-electron chi connectivity index (χ3n) is 2.15. The molecule has 1 aromatic heterocycles. The smallest absolute Gasteiger partial charge is 0.253 e. The molecule has 0 aromatic carbocycles. The highest BCUT2D eigenvalue weighted by molar-refractivity contribution is 6.41. The van der Waals surface area contributed by atoms with Crippen LogP contribution in [0.2, 0.25) is 10.2 Å². The van der Waals surface area contributed by atoms with Gasteiger partial charge in [-0.25, -0.2) is 4.98 Å². The molecular weight excluding hydrogens is 277 g/mol. The fourth-order valence-corrected chi connectivity index (χ4v) is 1.49. The zero-order valence-corrected chi connectivity index (χ0v) is 11.5. The van der Waals surface area contributed by atoms with Gasteiger partial charge in [-0.2, -0.15) is 0 Å². The van der Waals surface area contributed by atoms with Gasteiger partial charge in [0.2, 0.25) is 5.91 Å². The number of hydrogen-bond acceptors (Lipinski definition) is 3. The van der Waals surface area contributed by atoms with Crippen LogP contribution in [0.1, 0.15) is 24.2 Å². The van der Waals surface area contributed by atoms with Crippen molar-refractivity contribution >= 4 is 35.0 Å². The number of likely N-dealkylation sites (N-methyl/N-ethyl adjacent to an activating group) is 1. The first-order chi connectivity index (χ1) is 8.45. The molecule has 0 saturated heterocycles. The summed E-state index contributed by atoms with van der Waals surface area (Å²) in [5.41, 5.74) is 0.251. The molecule has 1 atom stereocenters. The van der Waals surface area contributed by atoms with Gasteiger partial charge in [0.25, 0.3) is 5.91 Å². The van der Waals surface area contributed by atoms with Crippen LogP contribution in [0.5, 0.6) is 0 Å². The molecule has 18 heavy (non-hydrogen) atoms. The molecule has 1 heterocycles. The van der Waals surface area contributed by atoms with E-state index >= 15 is 0 Å². The van der Waals surface area contributed by atoms with Crippen LogP contribution < -0.4 is 10.6 Å². The summed E-state index contributed by atoms with van der Waals surface area (Å²) in [6, 6.07) is 0.767. The normalized spacial score (nSPS) is 11.8. The van der Waals surface area contributed by atoms with Crippen molar-refractivity contribution in [3.63, 3.8) is 0 Å². The Labute approximate surface area is 115 Å². The van der Waals surface area contributed by atoms with Crippen molar-refractivity contribution in [2.45, 2.75) is 19.9 Å². The van der Waals surface area contributed by atoms with E-state index in [0.29, 0.717) is 6.54 Å². The van der Waals surface area contributed by atoms with Crippen molar-refractivity contribution in [3.8, 4) is 0 Å². The number of hydrogen-bond donors (Lipinski definition) is 2. The van der Waals surface area contributed by atoms with Crippen molar-refractivity contribution in [3.05, 3.63) is 28.0 Å². The summed E-state index contributed by atoms with van der Waals surface area (Å²) >= 11 is 11.4. The van der Waals surface area contributed by atoms with E-state index in [1.807, 2.05) is 0 Å². The predicted molar refractivity (Wildman–Crippen MR) is 69.9 cm³/mol. The van der Waals surface area contributed by atoms with Crippen LogP contribution in [0.3, 0.4) is 0 Å². The minimum atomic E-state index is -0.632.